The minimum atomic E-state index is 0.00898. The maximum Gasteiger partial charge on any atom is 0.277 e. The molecule has 4 aliphatic rings. The van der Waals surface area contributed by atoms with E-state index in [1.807, 2.05) is 11.0 Å². The van der Waals surface area contributed by atoms with Gasteiger partial charge in [0.15, 0.2) is 5.65 Å². The Morgan fingerprint density at radius 3 is 2.81 bits per heavy atom. The fourth-order valence-corrected chi connectivity index (χ4v) is 5.79. The highest BCUT2D eigenvalue weighted by atomic mass is 16.5. The van der Waals surface area contributed by atoms with E-state index in [4.69, 9.17) is 9.72 Å². The summed E-state index contributed by atoms with van der Waals surface area (Å²) < 4.78 is 7.10. The second-order valence-corrected chi connectivity index (χ2v) is 9.82. The standard InChI is InChI=1S/C23H31N5O3/c1-14-11-16(14)22(29)27-7-2-3-20(27)19-12-21-24-18-4-8-26(15-5-9-31-10-6-15)13-17(18)23(30)28(21)25-19/h12,14-16,20,25H,2-11,13H2,1H3/t14-,16+,20+/m1/s1. The Morgan fingerprint density at radius 2 is 2.03 bits per heavy atom. The summed E-state index contributed by atoms with van der Waals surface area (Å²) in [7, 11) is 0. The SMILES string of the molecule is C[C@@H]1C[C@@H]1C(=O)N1CCC[C@H]1c1cc2nc3c(c(=O)n2[nH]1)CN(C1CCOCC1)CC3. The Labute approximate surface area is 181 Å². The molecule has 5 heterocycles. The minimum Gasteiger partial charge on any atom is -0.381 e. The first kappa shape index (κ1) is 19.5. The van der Waals surface area contributed by atoms with Gasteiger partial charge in [0.2, 0.25) is 5.91 Å². The number of aromatic amines is 1. The van der Waals surface area contributed by atoms with Crippen LogP contribution in [0.25, 0.3) is 5.65 Å². The summed E-state index contributed by atoms with van der Waals surface area (Å²) in [6.07, 6.45) is 5.82. The molecule has 0 radical (unpaired) electrons. The van der Waals surface area contributed by atoms with Crippen LogP contribution in [-0.4, -0.2) is 62.7 Å². The highest BCUT2D eigenvalue weighted by Crippen LogP contribution is 2.43. The van der Waals surface area contributed by atoms with Crippen molar-refractivity contribution < 1.29 is 9.53 Å². The lowest BCUT2D eigenvalue weighted by molar-refractivity contribution is -0.133. The lowest BCUT2D eigenvalue weighted by atomic mass is 10.0. The summed E-state index contributed by atoms with van der Waals surface area (Å²) in [6, 6.07) is 2.50. The number of fused-ring (bicyclic) bond motifs is 2. The van der Waals surface area contributed by atoms with Gasteiger partial charge in [0, 0.05) is 57.3 Å². The number of H-pyrrole nitrogens is 1. The van der Waals surface area contributed by atoms with Crippen LogP contribution in [0.5, 0.6) is 0 Å². The van der Waals surface area contributed by atoms with E-state index in [1.54, 1.807) is 4.52 Å². The predicted octanol–water partition coefficient (Wildman–Crippen LogP) is 1.88. The van der Waals surface area contributed by atoms with E-state index in [2.05, 4.69) is 16.9 Å². The van der Waals surface area contributed by atoms with Gasteiger partial charge in [-0.3, -0.25) is 19.6 Å². The highest BCUT2D eigenvalue weighted by Gasteiger charge is 2.44. The molecule has 2 saturated heterocycles. The van der Waals surface area contributed by atoms with Gasteiger partial charge in [0.1, 0.15) is 0 Å². The average molecular weight is 426 g/mol. The second-order valence-electron chi connectivity index (χ2n) is 9.82. The van der Waals surface area contributed by atoms with Crippen LogP contribution in [-0.2, 0) is 22.5 Å². The van der Waals surface area contributed by atoms with Crippen molar-refractivity contribution in [1.82, 2.24) is 24.4 Å². The molecule has 1 aliphatic carbocycles. The number of amides is 1. The molecule has 3 aliphatic heterocycles. The summed E-state index contributed by atoms with van der Waals surface area (Å²) in [6.45, 7) is 6.18. The largest absolute Gasteiger partial charge is 0.381 e. The first-order valence-corrected chi connectivity index (χ1v) is 11.9. The molecule has 2 aromatic heterocycles. The van der Waals surface area contributed by atoms with E-state index in [0.717, 1.165) is 81.8 Å². The van der Waals surface area contributed by atoms with Gasteiger partial charge in [-0.15, -0.1) is 0 Å². The second kappa shape index (κ2) is 7.45. The number of carbonyl (C=O) groups is 1. The molecule has 8 nitrogen and oxygen atoms in total. The van der Waals surface area contributed by atoms with E-state index >= 15 is 0 Å². The Morgan fingerprint density at radius 1 is 1.23 bits per heavy atom. The van der Waals surface area contributed by atoms with Crippen molar-refractivity contribution in [2.24, 2.45) is 11.8 Å². The van der Waals surface area contributed by atoms with Crippen LogP contribution in [0.2, 0.25) is 0 Å². The topological polar surface area (TPSA) is 82.9 Å². The Bertz CT molecular complexity index is 1070. The van der Waals surface area contributed by atoms with E-state index in [1.165, 1.54) is 0 Å². The summed E-state index contributed by atoms with van der Waals surface area (Å²) in [4.78, 5) is 35.6. The van der Waals surface area contributed by atoms with Gasteiger partial charge in [-0.25, -0.2) is 9.50 Å². The van der Waals surface area contributed by atoms with E-state index < -0.39 is 0 Å². The third-order valence-electron chi connectivity index (χ3n) is 7.84. The number of likely N-dealkylation sites (tertiary alicyclic amines) is 1. The van der Waals surface area contributed by atoms with Gasteiger partial charge < -0.3 is 9.64 Å². The first-order valence-electron chi connectivity index (χ1n) is 11.9. The molecule has 3 atom stereocenters. The predicted molar refractivity (Wildman–Crippen MR) is 115 cm³/mol. The van der Waals surface area contributed by atoms with Crippen molar-refractivity contribution in [2.75, 3.05) is 26.3 Å². The molecule has 0 bridgehead atoms. The van der Waals surface area contributed by atoms with Crippen LogP contribution in [0.1, 0.15) is 62.0 Å². The maximum atomic E-state index is 13.4. The number of hydrogen-bond donors (Lipinski definition) is 1. The number of hydrogen-bond acceptors (Lipinski definition) is 5. The quantitative estimate of drug-likeness (QED) is 0.812. The van der Waals surface area contributed by atoms with E-state index in [0.29, 0.717) is 24.2 Å². The Kier molecular flexibility index (Phi) is 4.68. The van der Waals surface area contributed by atoms with Crippen LogP contribution >= 0.6 is 0 Å². The number of rotatable bonds is 3. The van der Waals surface area contributed by atoms with E-state index in [9.17, 15) is 9.59 Å². The molecule has 0 unspecified atom stereocenters. The molecule has 166 valence electrons. The molecule has 6 rings (SSSR count). The Balaban J connectivity index is 1.30. The third kappa shape index (κ3) is 3.31. The molecule has 0 spiro atoms. The molecule has 1 saturated carbocycles. The zero-order valence-electron chi connectivity index (χ0n) is 18.2. The van der Waals surface area contributed by atoms with Gasteiger partial charge in [0.05, 0.1) is 23.0 Å². The van der Waals surface area contributed by atoms with Crippen molar-refractivity contribution in [3.05, 3.63) is 33.4 Å². The van der Waals surface area contributed by atoms with E-state index in [-0.39, 0.29) is 23.4 Å². The fourth-order valence-electron chi connectivity index (χ4n) is 5.79. The fraction of sp³-hybridized carbons (Fsp3) is 0.696. The minimum absolute atomic E-state index is 0.00898. The first-order chi connectivity index (χ1) is 15.1. The van der Waals surface area contributed by atoms with Crippen LogP contribution in [0.15, 0.2) is 10.9 Å². The number of carbonyl (C=O) groups excluding carboxylic acids is 1. The van der Waals surface area contributed by atoms with Crippen molar-refractivity contribution >= 4 is 11.6 Å². The lowest BCUT2D eigenvalue weighted by Crippen LogP contribution is -2.44. The number of nitrogens with zero attached hydrogens (tertiary/aromatic N) is 4. The number of aromatic nitrogens is 3. The number of ether oxygens (including phenoxy) is 1. The average Bonchev–Trinajstić information content (AvgIpc) is 3.18. The zero-order valence-corrected chi connectivity index (χ0v) is 18.2. The van der Waals surface area contributed by atoms with Gasteiger partial charge in [-0.1, -0.05) is 6.92 Å². The van der Waals surface area contributed by atoms with Crippen molar-refractivity contribution in [2.45, 2.75) is 64.1 Å². The van der Waals surface area contributed by atoms with Crippen molar-refractivity contribution in [3.63, 3.8) is 0 Å². The van der Waals surface area contributed by atoms with Gasteiger partial charge in [0.25, 0.3) is 5.56 Å². The monoisotopic (exact) mass is 425 g/mol. The molecular weight excluding hydrogens is 394 g/mol. The Hall–Kier alpha value is -2.19. The van der Waals surface area contributed by atoms with Crippen LogP contribution in [0.4, 0.5) is 0 Å². The van der Waals surface area contributed by atoms with Crippen molar-refractivity contribution in [3.8, 4) is 0 Å². The molecule has 1 N–H and O–H groups in total. The summed E-state index contributed by atoms with van der Waals surface area (Å²) >= 11 is 0. The molecule has 8 heteroatoms. The molecule has 2 aromatic rings. The number of nitrogens with one attached hydrogen (secondary N) is 1. The van der Waals surface area contributed by atoms with Crippen LogP contribution in [0, 0.1) is 11.8 Å². The summed E-state index contributed by atoms with van der Waals surface area (Å²) in [5.41, 5.74) is 3.37. The summed E-state index contributed by atoms with van der Waals surface area (Å²) in [5.74, 6) is 0.973. The zero-order chi connectivity index (χ0) is 21.1. The smallest absolute Gasteiger partial charge is 0.277 e. The van der Waals surface area contributed by atoms with Gasteiger partial charge in [-0.05, 0) is 38.0 Å². The van der Waals surface area contributed by atoms with Crippen LogP contribution < -0.4 is 5.56 Å². The third-order valence-corrected chi connectivity index (χ3v) is 7.84. The van der Waals surface area contributed by atoms with Gasteiger partial charge >= 0.3 is 0 Å². The molecule has 31 heavy (non-hydrogen) atoms. The normalized spacial score (nSPS) is 29.5. The van der Waals surface area contributed by atoms with Crippen molar-refractivity contribution in [1.29, 1.82) is 0 Å². The lowest BCUT2D eigenvalue weighted by Gasteiger charge is -2.36. The molecule has 0 aromatic carbocycles. The maximum absolute atomic E-state index is 13.4. The van der Waals surface area contributed by atoms with Gasteiger partial charge in [-0.2, -0.15) is 0 Å². The van der Waals surface area contributed by atoms with Crippen LogP contribution in [0.3, 0.4) is 0 Å². The highest BCUT2D eigenvalue weighted by molar-refractivity contribution is 5.82. The summed E-state index contributed by atoms with van der Waals surface area (Å²) in [5, 5.41) is 3.31. The molecule has 1 amide bonds. The molecular formula is C23H31N5O3. The molecule has 3 fully saturated rings.